The fourth-order valence-electron chi connectivity index (χ4n) is 4.92. The van der Waals surface area contributed by atoms with Gasteiger partial charge in [0.15, 0.2) is 0 Å². The van der Waals surface area contributed by atoms with Crippen LogP contribution in [0.3, 0.4) is 0 Å². The number of nitrogens with one attached hydrogen (secondary N) is 1. The van der Waals surface area contributed by atoms with E-state index in [0.29, 0.717) is 12.5 Å². The average Bonchev–Trinajstić information content (AvgIpc) is 3.38. The normalized spacial score (nSPS) is 36.0. The number of fused-ring (bicyclic) bond motifs is 1. The molecule has 7 atom stereocenters. The minimum atomic E-state index is -1.21. The fraction of sp³-hybridized carbons (Fsp3) is 0.731. The van der Waals surface area contributed by atoms with Crippen molar-refractivity contribution < 1.29 is 24.5 Å². The number of ketones is 1. The van der Waals surface area contributed by atoms with Crippen LogP contribution in [0.25, 0.3) is 6.08 Å². The van der Waals surface area contributed by atoms with Gasteiger partial charge in [0.2, 0.25) is 0 Å². The molecule has 0 aromatic carbocycles. The first kappa shape index (κ1) is 27.0. The van der Waals surface area contributed by atoms with Gasteiger partial charge in [0, 0.05) is 29.8 Å². The number of hydrogen-bond donors (Lipinski definition) is 3. The maximum absolute atomic E-state index is 13.2. The Labute approximate surface area is 207 Å². The van der Waals surface area contributed by atoms with Crippen molar-refractivity contribution in [2.24, 2.45) is 17.3 Å². The van der Waals surface area contributed by atoms with Crippen LogP contribution >= 0.6 is 11.3 Å². The molecule has 2 aliphatic heterocycles. The first-order valence-electron chi connectivity index (χ1n) is 12.4. The summed E-state index contributed by atoms with van der Waals surface area (Å²) in [5.41, 5.74) is 0.567. The minimum Gasteiger partial charge on any atom is -0.458 e. The molecule has 0 amide bonds. The molecule has 0 spiro atoms. The summed E-state index contributed by atoms with van der Waals surface area (Å²) in [5.74, 6) is -1.43. The van der Waals surface area contributed by atoms with Crippen LogP contribution in [0.4, 0.5) is 0 Å². The third-order valence-corrected chi connectivity index (χ3v) is 8.37. The third-order valence-electron chi connectivity index (χ3n) is 7.58. The second-order valence-electron chi connectivity index (χ2n) is 10.8. The number of carbonyl (C=O) groups is 2. The van der Waals surface area contributed by atoms with Gasteiger partial charge in [-0.25, -0.2) is 4.98 Å². The predicted molar refractivity (Wildman–Crippen MR) is 133 cm³/mol. The van der Waals surface area contributed by atoms with Crippen molar-refractivity contribution in [1.82, 2.24) is 10.3 Å². The molecular formula is C26H40N2O5S. The van der Waals surface area contributed by atoms with Crippen LogP contribution in [0.2, 0.25) is 0 Å². The molecule has 3 rings (SSSR count). The third kappa shape index (κ3) is 6.53. The van der Waals surface area contributed by atoms with Gasteiger partial charge >= 0.3 is 5.97 Å². The van der Waals surface area contributed by atoms with Crippen molar-refractivity contribution in [2.75, 3.05) is 0 Å². The molecule has 2 saturated heterocycles. The average molecular weight is 493 g/mol. The number of aromatic nitrogens is 1. The molecule has 0 radical (unpaired) electrons. The van der Waals surface area contributed by atoms with Gasteiger partial charge in [-0.2, -0.15) is 0 Å². The van der Waals surface area contributed by atoms with E-state index in [1.165, 1.54) is 0 Å². The highest BCUT2D eigenvalue weighted by molar-refractivity contribution is 7.09. The van der Waals surface area contributed by atoms with E-state index < -0.39 is 35.6 Å². The topological polar surface area (TPSA) is 119 Å². The smallest absolute Gasteiger partial charge is 0.309 e. The van der Waals surface area contributed by atoms with Crippen molar-refractivity contribution in [2.45, 2.75) is 104 Å². The summed E-state index contributed by atoms with van der Waals surface area (Å²) in [6.07, 6.45) is 2.64. The second-order valence-corrected chi connectivity index (χ2v) is 11.8. The van der Waals surface area contributed by atoms with Gasteiger partial charge in [0.1, 0.15) is 11.9 Å². The van der Waals surface area contributed by atoms with Crippen LogP contribution in [0.5, 0.6) is 0 Å². The Morgan fingerprint density at radius 2 is 1.94 bits per heavy atom. The minimum absolute atomic E-state index is 0.0264. The lowest BCUT2D eigenvalue weighted by atomic mass is 9.73. The molecule has 3 heterocycles. The molecule has 0 bridgehead atoms. The molecule has 2 fully saturated rings. The van der Waals surface area contributed by atoms with Gasteiger partial charge in [-0.05, 0) is 44.3 Å². The number of Topliss-reactive ketones (excluding diaryl/α,β-unsaturated/α-hetero) is 1. The van der Waals surface area contributed by atoms with Gasteiger partial charge in [-0.3, -0.25) is 9.59 Å². The zero-order chi connectivity index (χ0) is 25.2. The summed E-state index contributed by atoms with van der Waals surface area (Å²) in [5, 5.41) is 28.1. The van der Waals surface area contributed by atoms with E-state index in [4.69, 9.17) is 4.74 Å². The molecular weight excluding hydrogens is 452 g/mol. The molecule has 190 valence electrons. The van der Waals surface area contributed by atoms with Crippen LogP contribution in [0.15, 0.2) is 11.0 Å². The first-order chi connectivity index (χ1) is 15.9. The molecule has 7 nitrogen and oxygen atoms in total. The Hall–Kier alpha value is -1.61. The number of nitrogens with zero attached hydrogens (tertiary/aromatic N) is 1. The number of aryl methyl sites for hydroxylation is 1. The lowest BCUT2D eigenvalue weighted by Crippen LogP contribution is -2.45. The molecule has 0 aliphatic carbocycles. The second kappa shape index (κ2) is 11.0. The van der Waals surface area contributed by atoms with E-state index >= 15 is 0 Å². The summed E-state index contributed by atoms with van der Waals surface area (Å²) < 4.78 is 5.86. The van der Waals surface area contributed by atoms with Crippen molar-refractivity contribution >= 4 is 29.2 Å². The van der Waals surface area contributed by atoms with Gasteiger partial charge in [0.05, 0.1) is 34.7 Å². The highest BCUT2D eigenvalue weighted by atomic mass is 32.1. The molecule has 8 heteroatoms. The highest BCUT2D eigenvalue weighted by Crippen LogP contribution is 2.33. The lowest BCUT2D eigenvalue weighted by molar-refractivity contribution is -0.154. The van der Waals surface area contributed by atoms with Crippen LogP contribution in [-0.2, 0) is 14.3 Å². The van der Waals surface area contributed by atoms with Crippen LogP contribution < -0.4 is 5.32 Å². The van der Waals surface area contributed by atoms with Crippen LogP contribution in [0, 0.1) is 24.2 Å². The Bertz CT molecular complexity index is 911. The van der Waals surface area contributed by atoms with Gasteiger partial charge in [0.25, 0.3) is 0 Å². The number of cyclic esters (lactones) is 1. The molecule has 2 aliphatic rings. The molecule has 1 aromatic heterocycles. The number of esters is 1. The van der Waals surface area contributed by atoms with Crippen molar-refractivity contribution in [1.29, 1.82) is 0 Å². The van der Waals surface area contributed by atoms with E-state index in [1.54, 1.807) is 32.1 Å². The number of ether oxygens (including phenoxy) is 1. The van der Waals surface area contributed by atoms with Gasteiger partial charge in [-0.1, -0.05) is 34.1 Å². The van der Waals surface area contributed by atoms with Crippen LogP contribution in [0.1, 0.15) is 77.4 Å². The Kier molecular flexibility index (Phi) is 8.71. The number of aliphatic hydroxyl groups is 2. The van der Waals surface area contributed by atoms with E-state index in [-0.39, 0.29) is 24.2 Å². The SMILES string of the molecule is CC(=Cc1csc(C)n1)[C@H]1C[C@@H]2N[C@H]2CCC[C@@H](C)[C@@H](O)[C@H](C)C(=O)C(C)(C)[C@H](O)CC(=O)O1. The van der Waals surface area contributed by atoms with Gasteiger partial charge < -0.3 is 20.3 Å². The Morgan fingerprint density at radius 3 is 2.59 bits per heavy atom. The Morgan fingerprint density at radius 1 is 1.24 bits per heavy atom. The van der Waals surface area contributed by atoms with Crippen LogP contribution in [-0.4, -0.2) is 57.3 Å². The zero-order valence-electron chi connectivity index (χ0n) is 21.2. The number of hydrogen-bond acceptors (Lipinski definition) is 8. The van der Waals surface area contributed by atoms with E-state index in [0.717, 1.165) is 35.5 Å². The monoisotopic (exact) mass is 492 g/mol. The predicted octanol–water partition coefficient (Wildman–Crippen LogP) is 3.66. The summed E-state index contributed by atoms with van der Waals surface area (Å²) >= 11 is 1.57. The molecule has 0 saturated carbocycles. The highest BCUT2D eigenvalue weighted by Gasteiger charge is 2.43. The fourth-order valence-corrected chi connectivity index (χ4v) is 5.49. The molecule has 3 N–H and O–H groups in total. The molecule has 0 unspecified atom stereocenters. The maximum Gasteiger partial charge on any atom is 0.309 e. The van der Waals surface area contributed by atoms with E-state index in [2.05, 4.69) is 10.3 Å². The van der Waals surface area contributed by atoms with E-state index in [1.807, 2.05) is 32.2 Å². The number of carbonyl (C=O) groups excluding carboxylic acids is 2. The summed E-state index contributed by atoms with van der Waals surface area (Å²) in [6.45, 7) is 10.8. The largest absolute Gasteiger partial charge is 0.458 e. The number of aliphatic hydroxyl groups excluding tert-OH is 2. The zero-order valence-corrected chi connectivity index (χ0v) is 22.0. The standard InChI is InChI=1S/C26H40N2O5S/c1-14-8-7-9-19-20(28-19)11-21(15(2)10-18-13-34-17(4)27-18)33-23(30)12-22(29)26(5,6)25(32)16(3)24(14)31/h10,13-14,16,19-22,24,28-29,31H,7-9,11-12H2,1-6H3/t14-,16+,19+,20+,21-,22-,24-/m1/s1. The summed E-state index contributed by atoms with van der Waals surface area (Å²) in [4.78, 5) is 30.5. The van der Waals surface area contributed by atoms with E-state index in [9.17, 15) is 19.8 Å². The summed E-state index contributed by atoms with van der Waals surface area (Å²) in [6, 6.07) is 0.615. The molecule has 34 heavy (non-hydrogen) atoms. The molecule has 1 aromatic rings. The Balaban J connectivity index is 1.81. The van der Waals surface area contributed by atoms with Crippen molar-refractivity contribution in [3.63, 3.8) is 0 Å². The maximum atomic E-state index is 13.2. The quantitative estimate of drug-likeness (QED) is 0.426. The van der Waals surface area contributed by atoms with Gasteiger partial charge in [-0.15, -0.1) is 11.3 Å². The van der Waals surface area contributed by atoms with Crippen molar-refractivity contribution in [3.05, 3.63) is 21.7 Å². The van der Waals surface area contributed by atoms with Crippen molar-refractivity contribution in [3.8, 4) is 0 Å². The number of thiazole rings is 1. The first-order valence-corrected chi connectivity index (χ1v) is 13.2. The number of rotatable bonds is 2. The summed E-state index contributed by atoms with van der Waals surface area (Å²) in [7, 11) is 0. The lowest BCUT2D eigenvalue weighted by Gasteiger charge is -2.34.